The molecule has 1 aromatic rings. The van der Waals surface area contributed by atoms with Gasteiger partial charge in [0.25, 0.3) is 0 Å². The van der Waals surface area contributed by atoms with Crippen LogP contribution in [0.25, 0.3) is 0 Å². The Morgan fingerprint density at radius 1 is 1.53 bits per heavy atom. The third-order valence-corrected chi connectivity index (χ3v) is 3.91. The SMILES string of the molecule is CNC(C)CCS(=O)c1cccc(Cl)c1. The summed E-state index contributed by atoms with van der Waals surface area (Å²) in [6.07, 6.45) is 0.898. The molecule has 1 aromatic carbocycles. The van der Waals surface area contributed by atoms with Crippen LogP contribution in [0.15, 0.2) is 29.2 Å². The maximum atomic E-state index is 11.8. The molecule has 0 amide bonds. The monoisotopic (exact) mass is 245 g/mol. The standard InChI is InChI=1S/C11H16ClNOS/c1-9(13-2)6-7-15(14)11-5-3-4-10(12)8-11/h3-5,8-9,13H,6-7H2,1-2H3. The summed E-state index contributed by atoms with van der Waals surface area (Å²) in [5.41, 5.74) is 0. The van der Waals surface area contributed by atoms with Gasteiger partial charge < -0.3 is 5.32 Å². The summed E-state index contributed by atoms with van der Waals surface area (Å²) in [5, 5.41) is 3.76. The zero-order valence-corrected chi connectivity index (χ0v) is 10.6. The lowest BCUT2D eigenvalue weighted by Gasteiger charge is -2.09. The molecule has 84 valence electrons. The topological polar surface area (TPSA) is 29.1 Å². The second-order valence-electron chi connectivity index (χ2n) is 3.49. The van der Waals surface area contributed by atoms with E-state index in [0.717, 1.165) is 11.3 Å². The molecule has 1 N–H and O–H groups in total. The quantitative estimate of drug-likeness (QED) is 0.864. The number of halogens is 1. The Bertz CT molecular complexity index is 343. The molecule has 0 bridgehead atoms. The smallest absolute Gasteiger partial charge is 0.0530 e. The molecule has 0 saturated carbocycles. The van der Waals surface area contributed by atoms with Gasteiger partial charge in [0.15, 0.2) is 0 Å². The summed E-state index contributed by atoms with van der Waals surface area (Å²) in [5.74, 6) is 0.669. The number of rotatable bonds is 5. The Hall–Kier alpha value is -0.380. The minimum absolute atomic E-state index is 0.396. The summed E-state index contributed by atoms with van der Waals surface area (Å²) < 4.78 is 11.8. The first-order valence-corrected chi connectivity index (χ1v) is 6.64. The second-order valence-corrected chi connectivity index (χ2v) is 5.49. The lowest BCUT2D eigenvalue weighted by Crippen LogP contribution is -2.23. The zero-order valence-electron chi connectivity index (χ0n) is 9.00. The molecule has 0 aliphatic rings. The average Bonchev–Trinajstić information content (AvgIpc) is 2.25. The molecule has 0 aliphatic heterocycles. The third kappa shape index (κ3) is 4.33. The molecule has 15 heavy (non-hydrogen) atoms. The van der Waals surface area contributed by atoms with Crippen molar-refractivity contribution in [2.75, 3.05) is 12.8 Å². The van der Waals surface area contributed by atoms with E-state index in [0.29, 0.717) is 16.8 Å². The Morgan fingerprint density at radius 2 is 2.27 bits per heavy atom. The van der Waals surface area contributed by atoms with Crippen LogP contribution in [0.1, 0.15) is 13.3 Å². The molecular weight excluding hydrogens is 230 g/mol. The van der Waals surface area contributed by atoms with Crippen molar-refractivity contribution >= 4 is 22.4 Å². The van der Waals surface area contributed by atoms with Crippen LogP contribution in [0, 0.1) is 0 Å². The lowest BCUT2D eigenvalue weighted by atomic mass is 10.3. The van der Waals surface area contributed by atoms with Gasteiger partial charge in [0.05, 0.1) is 10.8 Å². The number of benzene rings is 1. The summed E-state index contributed by atoms with van der Waals surface area (Å²) in [6.45, 7) is 2.08. The predicted octanol–water partition coefficient (Wildman–Crippen LogP) is 2.45. The maximum absolute atomic E-state index is 11.8. The van der Waals surface area contributed by atoms with Crippen molar-refractivity contribution in [1.82, 2.24) is 5.32 Å². The molecule has 0 spiro atoms. The molecule has 0 radical (unpaired) electrons. The van der Waals surface area contributed by atoms with Gasteiger partial charge in [-0.2, -0.15) is 0 Å². The first-order valence-electron chi connectivity index (χ1n) is 4.94. The van der Waals surface area contributed by atoms with Crippen molar-refractivity contribution < 1.29 is 4.21 Å². The van der Waals surface area contributed by atoms with E-state index in [1.54, 1.807) is 12.1 Å². The first kappa shape index (κ1) is 12.7. The van der Waals surface area contributed by atoms with Crippen LogP contribution < -0.4 is 5.32 Å². The zero-order chi connectivity index (χ0) is 11.3. The molecule has 2 unspecified atom stereocenters. The van der Waals surface area contributed by atoms with Crippen LogP contribution in [-0.4, -0.2) is 23.1 Å². The fourth-order valence-electron chi connectivity index (χ4n) is 1.15. The summed E-state index contributed by atoms with van der Waals surface area (Å²) >= 11 is 5.83. The highest BCUT2D eigenvalue weighted by atomic mass is 35.5. The van der Waals surface area contributed by atoms with Crippen LogP contribution in [0.2, 0.25) is 5.02 Å². The molecule has 0 saturated heterocycles. The van der Waals surface area contributed by atoms with Gasteiger partial charge >= 0.3 is 0 Å². The van der Waals surface area contributed by atoms with Crippen LogP contribution >= 0.6 is 11.6 Å². The Labute approximate surface area is 98.5 Å². The Balaban J connectivity index is 2.54. The molecule has 0 aliphatic carbocycles. The highest BCUT2D eigenvalue weighted by Crippen LogP contribution is 2.14. The summed E-state index contributed by atoms with van der Waals surface area (Å²) in [4.78, 5) is 0.811. The van der Waals surface area contributed by atoms with Crippen LogP contribution in [0.4, 0.5) is 0 Å². The van der Waals surface area contributed by atoms with E-state index < -0.39 is 10.8 Å². The number of hydrogen-bond donors (Lipinski definition) is 1. The summed E-state index contributed by atoms with van der Waals surface area (Å²) in [6, 6.07) is 7.64. The molecular formula is C11H16ClNOS. The van der Waals surface area contributed by atoms with Crippen molar-refractivity contribution in [2.24, 2.45) is 0 Å². The minimum atomic E-state index is -0.940. The predicted molar refractivity (Wildman–Crippen MR) is 65.9 cm³/mol. The largest absolute Gasteiger partial charge is 0.317 e. The third-order valence-electron chi connectivity index (χ3n) is 2.29. The maximum Gasteiger partial charge on any atom is 0.0530 e. The van der Waals surface area contributed by atoms with E-state index >= 15 is 0 Å². The Kier molecular flexibility index (Phi) is 5.29. The second kappa shape index (κ2) is 6.26. The van der Waals surface area contributed by atoms with Gasteiger partial charge in [0.2, 0.25) is 0 Å². The fraction of sp³-hybridized carbons (Fsp3) is 0.455. The molecule has 0 aromatic heterocycles. The number of nitrogens with one attached hydrogen (secondary N) is 1. The van der Waals surface area contributed by atoms with Crippen molar-refractivity contribution in [3.63, 3.8) is 0 Å². The molecule has 2 atom stereocenters. The van der Waals surface area contributed by atoms with E-state index in [-0.39, 0.29) is 0 Å². The van der Waals surface area contributed by atoms with Gasteiger partial charge in [-0.05, 0) is 38.6 Å². The normalized spacial score (nSPS) is 14.9. The summed E-state index contributed by atoms with van der Waals surface area (Å²) in [7, 11) is 0.969. The van der Waals surface area contributed by atoms with Gasteiger partial charge in [-0.15, -0.1) is 0 Å². The number of hydrogen-bond acceptors (Lipinski definition) is 2. The van der Waals surface area contributed by atoms with E-state index in [2.05, 4.69) is 12.2 Å². The van der Waals surface area contributed by atoms with Gasteiger partial charge in [-0.1, -0.05) is 17.7 Å². The highest BCUT2D eigenvalue weighted by molar-refractivity contribution is 7.85. The van der Waals surface area contributed by atoms with E-state index in [4.69, 9.17) is 11.6 Å². The van der Waals surface area contributed by atoms with E-state index in [1.165, 1.54) is 0 Å². The van der Waals surface area contributed by atoms with Crippen molar-refractivity contribution in [2.45, 2.75) is 24.3 Å². The van der Waals surface area contributed by atoms with Crippen LogP contribution in [-0.2, 0) is 10.8 Å². The van der Waals surface area contributed by atoms with E-state index in [9.17, 15) is 4.21 Å². The van der Waals surface area contributed by atoms with Gasteiger partial charge in [-0.25, -0.2) is 0 Å². The molecule has 2 nitrogen and oxygen atoms in total. The van der Waals surface area contributed by atoms with Gasteiger partial charge in [0, 0.05) is 21.7 Å². The van der Waals surface area contributed by atoms with Crippen molar-refractivity contribution in [1.29, 1.82) is 0 Å². The minimum Gasteiger partial charge on any atom is -0.317 e. The van der Waals surface area contributed by atoms with Crippen molar-refractivity contribution in [3.8, 4) is 0 Å². The van der Waals surface area contributed by atoms with Crippen LogP contribution in [0.5, 0.6) is 0 Å². The van der Waals surface area contributed by atoms with Crippen molar-refractivity contribution in [3.05, 3.63) is 29.3 Å². The molecule has 0 heterocycles. The van der Waals surface area contributed by atoms with Gasteiger partial charge in [0.1, 0.15) is 0 Å². The van der Waals surface area contributed by atoms with Gasteiger partial charge in [-0.3, -0.25) is 4.21 Å². The van der Waals surface area contributed by atoms with E-state index in [1.807, 2.05) is 19.2 Å². The molecule has 4 heteroatoms. The molecule has 0 fully saturated rings. The molecule has 1 rings (SSSR count). The Morgan fingerprint density at radius 3 is 2.87 bits per heavy atom. The first-order chi connectivity index (χ1) is 7.13. The average molecular weight is 246 g/mol. The lowest BCUT2D eigenvalue weighted by molar-refractivity contribution is 0.591. The van der Waals surface area contributed by atoms with Crippen LogP contribution in [0.3, 0.4) is 0 Å². The fourth-order valence-corrected chi connectivity index (χ4v) is 2.70. The highest BCUT2D eigenvalue weighted by Gasteiger charge is 2.06.